The van der Waals surface area contributed by atoms with Gasteiger partial charge in [-0.25, -0.2) is 9.97 Å². The van der Waals surface area contributed by atoms with Gasteiger partial charge in [-0.05, 0) is 25.3 Å². The maximum absolute atomic E-state index is 10.9. The fourth-order valence-corrected chi connectivity index (χ4v) is 2.59. The van der Waals surface area contributed by atoms with Gasteiger partial charge in [-0.3, -0.25) is 4.79 Å². The summed E-state index contributed by atoms with van der Waals surface area (Å²) in [4.78, 5) is 19.6. The van der Waals surface area contributed by atoms with Gasteiger partial charge in [-0.1, -0.05) is 13.8 Å². The average Bonchev–Trinajstić information content (AvgIpc) is 2.25. The zero-order chi connectivity index (χ0) is 13.3. The van der Waals surface area contributed by atoms with Crippen molar-refractivity contribution in [1.29, 1.82) is 0 Å². The molecule has 0 aromatic carbocycles. The Hall–Kier alpha value is -1.49. The summed E-state index contributed by atoms with van der Waals surface area (Å²) in [5, 5.41) is 3.30. The van der Waals surface area contributed by atoms with Crippen LogP contribution in [-0.4, -0.2) is 22.9 Å². The largest absolute Gasteiger partial charge is 0.369 e. The lowest BCUT2D eigenvalue weighted by Gasteiger charge is -2.36. The number of primary amides is 1. The highest BCUT2D eigenvalue weighted by atomic mass is 16.1. The van der Waals surface area contributed by atoms with E-state index in [-0.39, 0.29) is 17.9 Å². The van der Waals surface area contributed by atoms with Crippen LogP contribution in [0.1, 0.15) is 43.4 Å². The normalized spacial score (nSPS) is 21.4. The summed E-state index contributed by atoms with van der Waals surface area (Å²) in [5.41, 5.74) is 7.57. The topological polar surface area (TPSA) is 80.9 Å². The van der Waals surface area contributed by atoms with E-state index in [2.05, 4.69) is 29.1 Å². The Bertz CT molecular complexity index is 470. The number of aromatic nitrogens is 2. The lowest BCUT2D eigenvalue weighted by Crippen LogP contribution is -2.33. The number of fused-ring (bicyclic) bond motifs is 1. The van der Waals surface area contributed by atoms with E-state index in [0.717, 1.165) is 24.1 Å². The van der Waals surface area contributed by atoms with Crippen LogP contribution in [0.2, 0.25) is 0 Å². The third kappa shape index (κ3) is 2.67. The van der Waals surface area contributed by atoms with Crippen molar-refractivity contribution in [2.75, 3.05) is 7.05 Å². The molecule has 0 saturated carbocycles. The van der Waals surface area contributed by atoms with Crippen LogP contribution in [-0.2, 0) is 17.6 Å². The molecule has 1 heterocycles. The summed E-state index contributed by atoms with van der Waals surface area (Å²) in [6.07, 6.45) is 3.92. The Balaban J connectivity index is 2.36. The smallest absolute Gasteiger partial charge is 0.225 e. The number of nitrogens with zero attached hydrogens (tertiary/aromatic N) is 2. The quantitative estimate of drug-likeness (QED) is 0.826. The molecular weight excluding hydrogens is 228 g/mol. The molecule has 2 rings (SSSR count). The van der Waals surface area contributed by atoms with Crippen molar-refractivity contribution in [1.82, 2.24) is 15.3 Å². The molecule has 98 valence electrons. The minimum Gasteiger partial charge on any atom is -0.369 e. The predicted octanol–water partition coefficient (Wildman–Crippen LogP) is 0.737. The Morgan fingerprint density at radius 3 is 2.94 bits per heavy atom. The van der Waals surface area contributed by atoms with Crippen molar-refractivity contribution in [2.24, 2.45) is 11.1 Å². The number of rotatable bonds is 3. The van der Waals surface area contributed by atoms with E-state index >= 15 is 0 Å². The van der Waals surface area contributed by atoms with E-state index in [1.54, 1.807) is 0 Å². The number of hydrogen-bond donors (Lipinski definition) is 2. The Morgan fingerprint density at radius 2 is 2.33 bits per heavy atom. The zero-order valence-corrected chi connectivity index (χ0v) is 11.2. The maximum Gasteiger partial charge on any atom is 0.225 e. The lowest BCUT2D eigenvalue weighted by molar-refractivity contribution is -0.117. The van der Waals surface area contributed by atoms with E-state index < -0.39 is 5.91 Å². The van der Waals surface area contributed by atoms with Crippen LogP contribution in [0.15, 0.2) is 6.20 Å². The van der Waals surface area contributed by atoms with Crippen molar-refractivity contribution >= 4 is 5.91 Å². The van der Waals surface area contributed by atoms with E-state index in [1.807, 2.05) is 13.2 Å². The second-order valence-corrected chi connectivity index (χ2v) is 5.72. The first-order chi connectivity index (χ1) is 8.41. The Kier molecular flexibility index (Phi) is 3.34. The molecule has 1 aliphatic carbocycles. The highest BCUT2D eigenvalue weighted by Gasteiger charge is 2.32. The van der Waals surface area contributed by atoms with Crippen molar-refractivity contribution < 1.29 is 4.79 Å². The first-order valence-electron chi connectivity index (χ1n) is 6.21. The minimum atomic E-state index is -0.393. The van der Waals surface area contributed by atoms with Crippen LogP contribution >= 0.6 is 0 Å². The van der Waals surface area contributed by atoms with Gasteiger partial charge in [0.25, 0.3) is 0 Å². The van der Waals surface area contributed by atoms with Gasteiger partial charge in [0.1, 0.15) is 5.82 Å². The van der Waals surface area contributed by atoms with Crippen molar-refractivity contribution in [3.63, 3.8) is 0 Å². The first-order valence-corrected chi connectivity index (χ1v) is 6.21. The molecule has 0 radical (unpaired) electrons. The molecule has 0 spiro atoms. The summed E-state index contributed by atoms with van der Waals surface area (Å²) >= 11 is 0. The fourth-order valence-electron chi connectivity index (χ4n) is 2.59. The van der Waals surface area contributed by atoms with Crippen LogP contribution in [0.25, 0.3) is 0 Å². The van der Waals surface area contributed by atoms with E-state index in [0.29, 0.717) is 5.82 Å². The summed E-state index contributed by atoms with van der Waals surface area (Å²) in [5.74, 6) is 0.129. The van der Waals surface area contributed by atoms with E-state index in [4.69, 9.17) is 5.73 Å². The van der Waals surface area contributed by atoms with Crippen LogP contribution in [0.4, 0.5) is 0 Å². The number of nitrogens with one attached hydrogen (secondary N) is 1. The SMILES string of the molecule is CNC1CC(C)(C)Cc2nc(CC(N)=O)ncc21. The van der Waals surface area contributed by atoms with Gasteiger partial charge in [0.2, 0.25) is 5.91 Å². The fraction of sp³-hybridized carbons (Fsp3) is 0.615. The molecule has 18 heavy (non-hydrogen) atoms. The number of amides is 1. The molecule has 0 aliphatic heterocycles. The van der Waals surface area contributed by atoms with Gasteiger partial charge >= 0.3 is 0 Å². The zero-order valence-electron chi connectivity index (χ0n) is 11.2. The number of carbonyl (C=O) groups is 1. The number of hydrogen-bond acceptors (Lipinski definition) is 4. The minimum absolute atomic E-state index is 0.109. The van der Waals surface area contributed by atoms with Crippen molar-refractivity contribution in [2.45, 2.75) is 39.2 Å². The molecule has 0 saturated heterocycles. The highest BCUT2D eigenvalue weighted by Crippen LogP contribution is 2.39. The summed E-state index contributed by atoms with van der Waals surface area (Å²) < 4.78 is 0. The monoisotopic (exact) mass is 248 g/mol. The maximum atomic E-state index is 10.9. The first kappa shape index (κ1) is 13.0. The van der Waals surface area contributed by atoms with Crippen LogP contribution in [0, 0.1) is 5.41 Å². The van der Waals surface area contributed by atoms with Crippen LogP contribution in [0.5, 0.6) is 0 Å². The second-order valence-electron chi connectivity index (χ2n) is 5.72. The standard InChI is InChI=1S/C13H20N4O/c1-13(2)5-9(15-3)8-7-16-12(4-11(14)18)17-10(8)6-13/h7,9,15H,4-6H2,1-3H3,(H2,14,18). The molecule has 1 aromatic heterocycles. The molecule has 0 fully saturated rings. The summed E-state index contributed by atoms with van der Waals surface area (Å²) in [6.45, 7) is 4.46. The van der Waals surface area contributed by atoms with Crippen LogP contribution in [0.3, 0.4) is 0 Å². The highest BCUT2D eigenvalue weighted by molar-refractivity contribution is 5.75. The average molecular weight is 248 g/mol. The third-order valence-electron chi connectivity index (χ3n) is 3.41. The molecule has 1 unspecified atom stereocenters. The number of nitrogens with two attached hydrogens (primary N) is 1. The van der Waals surface area contributed by atoms with Crippen LogP contribution < -0.4 is 11.1 Å². The molecule has 1 aliphatic rings. The number of carbonyl (C=O) groups excluding carboxylic acids is 1. The van der Waals surface area contributed by atoms with Crippen molar-refractivity contribution in [3.05, 3.63) is 23.3 Å². The van der Waals surface area contributed by atoms with Gasteiger partial charge in [0, 0.05) is 23.5 Å². The van der Waals surface area contributed by atoms with Gasteiger partial charge in [0.15, 0.2) is 0 Å². The van der Waals surface area contributed by atoms with Crippen molar-refractivity contribution in [3.8, 4) is 0 Å². The predicted molar refractivity (Wildman–Crippen MR) is 68.8 cm³/mol. The third-order valence-corrected chi connectivity index (χ3v) is 3.41. The molecule has 5 nitrogen and oxygen atoms in total. The Labute approximate surface area is 107 Å². The molecular formula is C13H20N4O. The second kappa shape index (κ2) is 4.65. The van der Waals surface area contributed by atoms with Gasteiger partial charge < -0.3 is 11.1 Å². The molecule has 5 heteroatoms. The Morgan fingerprint density at radius 1 is 1.61 bits per heavy atom. The summed E-state index contributed by atoms with van der Waals surface area (Å²) in [7, 11) is 1.95. The molecule has 1 atom stereocenters. The molecule has 0 bridgehead atoms. The van der Waals surface area contributed by atoms with Gasteiger partial charge in [-0.2, -0.15) is 0 Å². The molecule has 1 amide bonds. The summed E-state index contributed by atoms with van der Waals surface area (Å²) in [6, 6.07) is 0.284. The van der Waals surface area contributed by atoms with Gasteiger partial charge in [0.05, 0.1) is 6.42 Å². The molecule has 3 N–H and O–H groups in total. The molecule has 1 aromatic rings. The van der Waals surface area contributed by atoms with Gasteiger partial charge in [-0.15, -0.1) is 0 Å². The van der Waals surface area contributed by atoms with E-state index in [9.17, 15) is 4.79 Å². The van der Waals surface area contributed by atoms with E-state index in [1.165, 1.54) is 0 Å². The lowest BCUT2D eigenvalue weighted by atomic mass is 9.74.